The molecule has 3 nitrogen and oxygen atoms in total. The number of nitrogens with zero attached hydrogens (tertiary/aromatic N) is 1. The number of hydrogen-bond donors (Lipinski definition) is 1. The minimum atomic E-state index is -0.285. The standard InChI is InChI=1S/C19H31NO2/c1-3-4-13-22-19-10-8-17(9-11-19)14-18(21)15-20-12-6-5-7-16(20)2/h8-11,16,18,21H,3-7,12-15H2,1-2H3/t16-,18+/m0/s1. The summed E-state index contributed by atoms with van der Waals surface area (Å²) < 4.78 is 5.67. The molecule has 124 valence electrons. The van der Waals surface area contributed by atoms with Crippen LogP contribution in [0.25, 0.3) is 0 Å². The minimum absolute atomic E-state index is 0.285. The molecule has 1 aliphatic rings. The second-order valence-corrected chi connectivity index (χ2v) is 6.54. The van der Waals surface area contributed by atoms with Gasteiger partial charge in [-0.25, -0.2) is 0 Å². The van der Waals surface area contributed by atoms with E-state index in [0.29, 0.717) is 6.04 Å². The topological polar surface area (TPSA) is 32.7 Å². The lowest BCUT2D eigenvalue weighted by molar-refractivity contribution is 0.0736. The van der Waals surface area contributed by atoms with Crippen LogP contribution < -0.4 is 4.74 Å². The molecule has 1 aromatic rings. The van der Waals surface area contributed by atoms with E-state index >= 15 is 0 Å². The fourth-order valence-electron chi connectivity index (χ4n) is 3.09. The second-order valence-electron chi connectivity index (χ2n) is 6.54. The Balaban J connectivity index is 1.77. The van der Waals surface area contributed by atoms with Crippen molar-refractivity contribution in [2.24, 2.45) is 0 Å². The fourth-order valence-corrected chi connectivity index (χ4v) is 3.09. The third-order valence-electron chi connectivity index (χ3n) is 4.55. The molecule has 0 aliphatic carbocycles. The molecule has 0 saturated carbocycles. The number of benzene rings is 1. The van der Waals surface area contributed by atoms with Crippen LogP contribution in [0.4, 0.5) is 0 Å². The molecule has 0 amide bonds. The first-order valence-electron chi connectivity index (χ1n) is 8.83. The molecule has 1 aliphatic heterocycles. The van der Waals surface area contributed by atoms with Crippen LogP contribution in [0.15, 0.2) is 24.3 Å². The van der Waals surface area contributed by atoms with Gasteiger partial charge in [-0.3, -0.25) is 4.90 Å². The summed E-state index contributed by atoms with van der Waals surface area (Å²) in [5, 5.41) is 10.3. The van der Waals surface area contributed by atoms with Crippen molar-refractivity contribution >= 4 is 0 Å². The summed E-state index contributed by atoms with van der Waals surface area (Å²) in [5.74, 6) is 0.927. The zero-order valence-electron chi connectivity index (χ0n) is 14.1. The summed E-state index contributed by atoms with van der Waals surface area (Å²) in [5.41, 5.74) is 1.18. The van der Waals surface area contributed by atoms with Crippen LogP contribution in [-0.4, -0.2) is 41.8 Å². The van der Waals surface area contributed by atoms with Crippen LogP contribution in [0.5, 0.6) is 5.75 Å². The highest BCUT2D eigenvalue weighted by molar-refractivity contribution is 5.27. The number of rotatable bonds is 8. The average molecular weight is 305 g/mol. The summed E-state index contributed by atoms with van der Waals surface area (Å²) in [6, 6.07) is 8.79. The van der Waals surface area contributed by atoms with Gasteiger partial charge in [0.1, 0.15) is 5.75 Å². The Labute approximate surface area is 135 Å². The molecule has 22 heavy (non-hydrogen) atoms. The van der Waals surface area contributed by atoms with Crippen molar-refractivity contribution in [3.8, 4) is 5.75 Å². The first-order chi connectivity index (χ1) is 10.7. The molecule has 0 bridgehead atoms. The first kappa shape index (κ1) is 17.3. The Hall–Kier alpha value is -1.06. The van der Waals surface area contributed by atoms with Gasteiger partial charge >= 0.3 is 0 Å². The van der Waals surface area contributed by atoms with Gasteiger partial charge in [-0.05, 0) is 56.8 Å². The molecule has 0 radical (unpaired) electrons. The molecular weight excluding hydrogens is 274 g/mol. The number of aliphatic hydroxyl groups excluding tert-OH is 1. The SMILES string of the molecule is CCCCOc1ccc(C[C@@H](O)CN2CCCC[C@@H]2C)cc1. The summed E-state index contributed by atoms with van der Waals surface area (Å²) in [6.07, 6.45) is 6.53. The summed E-state index contributed by atoms with van der Waals surface area (Å²) in [4.78, 5) is 2.43. The molecule has 1 heterocycles. The number of aliphatic hydroxyl groups is 1. The van der Waals surface area contributed by atoms with Crippen molar-refractivity contribution in [2.45, 2.75) is 64.5 Å². The molecular formula is C19H31NO2. The van der Waals surface area contributed by atoms with Crippen molar-refractivity contribution in [1.29, 1.82) is 0 Å². The van der Waals surface area contributed by atoms with Crippen molar-refractivity contribution in [2.75, 3.05) is 19.7 Å². The van der Waals surface area contributed by atoms with Crippen molar-refractivity contribution in [3.05, 3.63) is 29.8 Å². The van der Waals surface area contributed by atoms with Gasteiger partial charge in [-0.1, -0.05) is 31.9 Å². The molecule has 1 N–H and O–H groups in total. The van der Waals surface area contributed by atoms with E-state index in [0.717, 1.165) is 44.7 Å². The molecule has 3 heteroatoms. The zero-order valence-corrected chi connectivity index (χ0v) is 14.1. The predicted octanol–water partition coefficient (Wildman–Crippen LogP) is 3.64. The lowest BCUT2D eigenvalue weighted by Crippen LogP contribution is -2.42. The van der Waals surface area contributed by atoms with E-state index in [1.54, 1.807) is 0 Å². The van der Waals surface area contributed by atoms with E-state index in [2.05, 4.69) is 30.9 Å². The smallest absolute Gasteiger partial charge is 0.119 e. The molecule has 1 fully saturated rings. The predicted molar refractivity (Wildman–Crippen MR) is 91.4 cm³/mol. The number of unbranched alkanes of at least 4 members (excludes halogenated alkanes) is 1. The van der Waals surface area contributed by atoms with Gasteiger partial charge in [0, 0.05) is 12.6 Å². The van der Waals surface area contributed by atoms with Gasteiger partial charge in [0.25, 0.3) is 0 Å². The maximum atomic E-state index is 10.3. The fraction of sp³-hybridized carbons (Fsp3) is 0.684. The maximum absolute atomic E-state index is 10.3. The van der Waals surface area contributed by atoms with Crippen LogP contribution in [0.1, 0.15) is 51.5 Å². The summed E-state index contributed by atoms with van der Waals surface area (Å²) in [6.45, 7) is 7.13. The number of piperidine rings is 1. The molecule has 2 atom stereocenters. The Morgan fingerprint density at radius 3 is 2.73 bits per heavy atom. The normalized spacial score (nSPS) is 20.8. The quantitative estimate of drug-likeness (QED) is 0.744. The highest BCUT2D eigenvalue weighted by Gasteiger charge is 2.20. The highest BCUT2D eigenvalue weighted by atomic mass is 16.5. The van der Waals surface area contributed by atoms with Gasteiger partial charge in [0.2, 0.25) is 0 Å². The number of hydrogen-bond acceptors (Lipinski definition) is 3. The molecule has 2 rings (SSSR count). The minimum Gasteiger partial charge on any atom is -0.494 e. The van der Waals surface area contributed by atoms with Gasteiger partial charge in [0.15, 0.2) is 0 Å². The Morgan fingerprint density at radius 1 is 1.27 bits per heavy atom. The van der Waals surface area contributed by atoms with Gasteiger partial charge < -0.3 is 9.84 Å². The van der Waals surface area contributed by atoms with Crippen molar-refractivity contribution in [1.82, 2.24) is 4.90 Å². The zero-order chi connectivity index (χ0) is 15.8. The van der Waals surface area contributed by atoms with Gasteiger partial charge in [0.05, 0.1) is 12.7 Å². The molecule has 0 aromatic heterocycles. The lowest BCUT2D eigenvalue weighted by Gasteiger charge is -2.34. The summed E-state index contributed by atoms with van der Waals surface area (Å²) >= 11 is 0. The van der Waals surface area contributed by atoms with E-state index in [1.807, 2.05) is 12.1 Å². The van der Waals surface area contributed by atoms with E-state index < -0.39 is 0 Å². The van der Waals surface area contributed by atoms with Crippen LogP contribution in [-0.2, 0) is 6.42 Å². The Morgan fingerprint density at radius 2 is 2.05 bits per heavy atom. The van der Waals surface area contributed by atoms with Crippen molar-refractivity contribution < 1.29 is 9.84 Å². The average Bonchev–Trinajstić information content (AvgIpc) is 2.51. The monoisotopic (exact) mass is 305 g/mol. The van der Waals surface area contributed by atoms with Gasteiger partial charge in [-0.2, -0.15) is 0 Å². The molecule has 0 unspecified atom stereocenters. The lowest BCUT2D eigenvalue weighted by atomic mass is 10.0. The van der Waals surface area contributed by atoms with E-state index in [9.17, 15) is 5.11 Å². The third-order valence-corrected chi connectivity index (χ3v) is 4.55. The third kappa shape index (κ3) is 5.62. The Kier molecular flexibility index (Phi) is 7.20. The number of β-amino-alcohol motifs (C(OH)–C–C–N with tert-alkyl or cyclic N) is 1. The van der Waals surface area contributed by atoms with Gasteiger partial charge in [-0.15, -0.1) is 0 Å². The first-order valence-corrected chi connectivity index (χ1v) is 8.83. The van der Waals surface area contributed by atoms with Crippen LogP contribution in [0.3, 0.4) is 0 Å². The van der Waals surface area contributed by atoms with Crippen LogP contribution in [0.2, 0.25) is 0 Å². The van der Waals surface area contributed by atoms with E-state index in [1.165, 1.54) is 24.8 Å². The van der Waals surface area contributed by atoms with E-state index in [-0.39, 0.29) is 6.10 Å². The highest BCUT2D eigenvalue weighted by Crippen LogP contribution is 2.18. The summed E-state index contributed by atoms with van der Waals surface area (Å²) in [7, 11) is 0. The van der Waals surface area contributed by atoms with Crippen LogP contribution >= 0.6 is 0 Å². The van der Waals surface area contributed by atoms with Crippen molar-refractivity contribution in [3.63, 3.8) is 0 Å². The van der Waals surface area contributed by atoms with Crippen LogP contribution in [0, 0.1) is 0 Å². The molecule has 1 aromatic carbocycles. The Bertz CT molecular complexity index is 418. The maximum Gasteiger partial charge on any atom is 0.119 e. The second kappa shape index (κ2) is 9.16. The van der Waals surface area contributed by atoms with E-state index in [4.69, 9.17) is 4.74 Å². The number of ether oxygens (including phenoxy) is 1. The molecule has 0 spiro atoms. The molecule has 1 saturated heterocycles. The largest absolute Gasteiger partial charge is 0.494 e. The number of likely N-dealkylation sites (tertiary alicyclic amines) is 1.